The van der Waals surface area contributed by atoms with Gasteiger partial charge in [-0.1, -0.05) is 6.07 Å². The first-order chi connectivity index (χ1) is 11.1. The monoisotopic (exact) mass is 393 g/mol. The van der Waals surface area contributed by atoms with Gasteiger partial charge in [0.15, 0.2) is 0 Å². The number of benzene rings is 1. The maximum Gasteiger partial charge on any atom is 0.256 e. The predicted octanol–water partition coefficient (Wildman–Crippen LogP) is 2.18. The molecule has 1 amide bonds. The van der Waals surface area contributed by atoms with Gasteiger partial charge in [-0.3, -0.25) is 4.79 Å². The fourth-order valence-electron chi connectivity index (χ4n) is 2.61. The molecule has 8 heteroatoms. The summed E-state index contributed by atoms with van der Waals surface area (Å²) >= 11 is 0. The summed E-state index contributed by atoms with van der Waals surface area (Å²) in [6.07, 6.45) is 1.35. The summed E-state index contributed by atoms with van der Waals surface area (Å²) in [5.41, 5.74) is -0.0140. The van der Waals surface area contributed by atoms with Crippen LogP contribution >= 0.6 is 24.8 Å². The number of nitrogens with one attached hydrogen (secondary N) is 2. The van der Waals surface area contributed by atoms with Gasteiger partial charge in [-0.2, -0.15) is 0 Å². The molecule has 0 spiro atoms. The third-order valence-electron chi connectivity index (χ3n) is 4.11. The molecule has 1 fully saturated rings. The highest BCUT2D eigenvalue weighted by Crippen LogP contribution is 2.25. The van der Waals surface area contributed by atoms with E-state index in [0.717, 1.165) is 31.1 Å². The minimum absolute atomic E-state index is 0. The number of halogens is 2. The van der Waals surface area contributed by atoms with Gasteiger partial charge in [0.1, 0.15) is 18.0 Å². The molecule has 1 aliphatic heterocycles. The number of ether oxygens (including phenoxy) is 2. The molecule has 0 radical (unpaired) electrons. The number of carbonyl (C=O) groups excluding carboxylic acids is 1. The Bertz CT molecular complexity index is 524. The van der Waals surface area contributed by atoms with Crippen LogP contribution in [0.3, 0.4) is 0 Å². The third kappa shape index (κ3) is 6.99. The van der Waals surface area contributed by atoms with Gasteiger partial charge in [0.25, 0.3) is 5.91 Å². The Hall–Kier alpha value is -1.05. The lowest BCUT2D eigenvalue weighted by atomic mass is 9.91. The van der Waals surface area contributed by atoms with Crippen molar-refractivity contribution in [2.75, 3.05) is 52.8 Å². The number of hydrogen-bond acceptors (Lipinski definition) is 5. The van der Waals surface area contributed by atoms with Gasteiger partial charge in [0.05, 0.1) is 0 Å². The fraction of sp³-hybridized carbons (Fsp3) is 0.588. The SMILES string of the molecule is COC1(C(=O)Nc2cccc(OCCN(C)C)c2)CCNCC1.Cl.Cl. The molecule has 1 aliphatic rings. The van der Waals surface area contributed by atoms with Crippen molar-refractivity contribution in [3.8, 4) is 5.75 Å². The number of hydrogen-bond donors (Lipinski definition) is 2. The third-order valence-corrected chi connectivity index (χ3v) is 4.11. The van der Waals surface area contributed by atoms with E-state index in [0.29, 0.717) is 19.4 Å². The average Bonchev–Trinajstić information content (AvgIpc) is 2.55. The van der Waals surface area contributed by atoms with Crippen LogP contribution in [-0.2, 0) is 9.53 Å². The highest BCUT2D eigenvalue weighted by molar-refractivity contribution is 5.97. The maximum atomic E-state index is 12.6. The summed E-state index contributed by atoms with van der Waals surface area (Å²) in [4.78, 5) is 14.7. The molecule has 25 heavy (non-hydrogen) atoms. The van der Waals surface area contributed by atoms with E-state index in [4.69, 9.17) is 9.47 Å². The minimum atomic E-state index is -0.743. The summed E-state index contributed by atoms with van der Waals surface area (Å²) < 4.78 is 11.2. The molecule has 0 aliphatic carbocycles. The molecule has 1 saturated heterocycles. The van der Waals surface area contributed by atoms with Crippen LogP contribution in [0.5, 0.6) is 5.75 Å². The fourth-order valence-corrected chi connectivity index (χ4v) is 2.61. The molecule has 2 rings (SSSR count). The van der Waals surface area contributed by atoms with Crippen LogP contribution in [-0.4, -0.2) is 63.9 Å². The first kappa shape index (κ1) is 23.9. The highest BCUT2D eigenvalue weighted by atomic mass is 35.5. The van der Waals surface area contributed by atoms with Gasteiger partial charge >= 0.3 is 0 Å². The van der Waals surface area contributed by atoms with E-state index in [9.17, 15) is 4.79 Å². The molecule has 0 atom stereocenters. The first-order valence-corrected chi connectivity index (χ1v) is 8.01. The molecule has 144 valence electrons. The first-order valence-electron chi connectivity index (χ1n) is 8.01. The van der Waals surface area contributed by atoms with Crippen molar-refractivity contribution < 1.29 is 14.3 Å². The lowest BCUT2D eigenvalue weighted by Gasteiger charge is -2.34. The Morgan fingerprint density at radius 2 is 1.96 bits per heavy atom. The van der Waals surface area contributed by atoms with Crippen LogP contribution in [0.4, 0.5) is 5.69 Å². The second-order valence-corrected chi connectivity index (χ2v) is 6.08. The largest absolute Gasteiger partial charge is 0.492 e. The number of piperidine rings is 1. The second kappa shape index (κ2) is 11.5. The van der Waals surface area contributed by atoms with Gasteiger partial charge in [-0.05, 0) is 52.2 Å². The van der Waals surface area contributed by atoms with Crippen LogP contribution in [0.15, 0.2) is 24.3 Å². The smallest absolute Gasteiger partial charge is 0.256 e. The van der Waals surface area contributed by atoms with Crippen LogP contribution in [0.2, 0.25) is 0 Å². The van der Waals surface area contributed by atoms with Crippen LogP contribution < -0.4 is 15.4 Å². The minimum Gasteiger partial charge on any atom is -0.492 e. The summed E-state index contributed by atoms with van der Waals surface area (Å²) in [5.74, 6) is 0.661. The Balaban J connectivity index is 0.00000288. The Kier molecular flexibility index (Phi) is 11.1. The van der Waals surface area contributed by atoms with Crippen LogP contribution in [0.1, 0.15) is 12.8 Å². The zero-order chi connectivity index (χ0) is 16.7. The molecule has 2 N–H and O–H groups in total. The van der Waals surface area contributed by atoms with Gasteiger partial charge in [-0.25, -0.2) is 0 Å². The summed E-state index contributed by atoms with van der Waals surface area (Å²) in [6.45, 7) is 3.03. The average molecular weight is 394 g/mol. The molecule has 0 saturated carbocycles. The zero-order valence-electron chi connectivity index (χ0n) is 15.0. The van der Waals surface area contributed by atoms with Crippen molar-refractivity contribution in [2.45, 2.75) is 18.4 Å². The van der Waals surface area contributed by atoms with E-state index in [-0.39, 0.29) is 30.7 Å². The number of amides is 1. The second-order valence-electron chi connectivity index (χ2n) is 6.08. The van der Waals surface area contributed by atoms with Crippen molar-refractivity contribution in [1.82, 2.24) is 10.2 Å². The Morgan fingerprint density at radius 1 is 1.28 bits per heavy atom. The Morgan fingerprint density at radius 3 is 2.56 bits per heavy atom. The molecule has 1 aromatic carbocycles. The van der Waals surface area contributed by atoms with Crippen LogP contribution in [0, 0.1) is 0 Å². The lowest BCUT2D eigenvalue weighted by molar-refractivity contribution is -0.140. The van der Waals surface area contributed by atoms with Gasteiger partial charge in [0, 0.05) is 25.4 Å². The van der Waals surface area contributed by atoms with Crippen molar-refractivity contribution in [3.63, 3.8) is 0 Å². The van der Waals surface area contributed by atoms with Crippen molar-refractivity contribution >= 4 is 36.4 Å². The predicted molar refractivity (Wildman–Crippen MR) is 105 cm³/mol. The van der Waals surface area contributed by atoms with E-state index in [1.54, 1.807) is 7.11 Å². The number of likely N-dealkylation sites (N-methyl/N-ethyl adjacent to an activating group) is 1. The topological polar surface area (TPSA) is 62.8 Å². The van der Waals surface area contributed by atoms with E-state index in [1.807, 2.05) is 38.4 Å². The molecule has 1 aromatic rings. The quantitative estimate of drug-likeness (QED) is 0.743. The van der Waals surface area contributed by atoms with Gasteiger partial charge in [0.2, 0.25) is 0 Å². The molecule has 0 unspecified atom stereocenters. The zero-order valence-corrected chi connectivity index (χ0v) is 16.7. The van der Waals surface area contributed by atoms with Gasteiger partial charge < -0.3 is 25.0 Å². The van der Waals surface area contributed by atoms with Gasteiger partial charge in [-0.15, -0.1) is 24.8 Å². The molecule has 0 aromatic heterocycles. The number of rotatable bonds is 7. The van der Waals surface area contributed by atoms with E-state index in [2.05, 4.69) is 15.5 Å². The molecular formula is C17H29Cl2N3O3. The van der Waals surface area contributed by atoms with Crippen molar-refractivity contribution in [3.05, 3.63) is 24.3 Å². The maximum absolute atomic E-state index is 12.6. The van der Waals surface area contributed by atoms with E-state index >= 15 is 0 Å². The van der Waals surface area contributed by atoms with E-state index in [1.165, 1.54) is 0 Å². The highest BCUT2D eigenvalue weighted by Gasteiger charge is 2.39. The molecule has 6 nitrogen and oxygen atoms in total. The Labute approximate surface area is 162 Å². The summed E-state index contributed by atoms with van der Waals surface area (Å²) in [7, 11) is 5.61. The molecule has 0 bridgehead atoms. The number of nitrogens with zero attached hydrogens (tertiary/aromatic N) is 1. The summed E-state index contributed by atoms with van der Waals surface area (Å²) in [6, 6.07) is 7.48. The normalized spacial score (nSPS) is 15.7. The number of methoxy groups -OCH3 is 1. The number of anilines is 1. The molecule has 1 heterocycles. The lowest BCUT2D eigenvalue weighted by Crippen LogP contribution is -2.51. The summed E-state index contributed by atoms with van der Waals surface area (Å²) in [5, 5.41) is 6.21. The van der Waals surface area contributed by atoms with Crippen LogP contribution in [0.25, 0.3) is 0 Å². The number of carbonyl (C=O) groups is 1. The van der Waals surface area contributed by atoms with Crippen molar-refractivity contribution in [1.29, 1.82) is 0 Å². The van der Waals surface area contributed by atoms with Crippen molar-refractivity contribution in [2.24, 2.45) is 0 Å². The standard InChI is InChI=1S/C17H27N3O3.2ClH/c1-20(2)11-12-23-15-6-4-5-14(13-15)19-16(21)17(22-3)7-9-18-10-8-17;;/h4-6,13,18H,7-12H2,1-3H3,(H,19,21);2*1H. The molecular weight excluding hydrogens is 365 g/mol. The van der Waals surface area contributed by atoms with E-state index < -0.39 is 5.60 Å².